The number of benzene rings is 2. The normalized spacial score (nSPS) is 10.0. The second kappa shape index (κ2) is 5.44. The molecular formula is C15H14O4. The second-order valence-corrected chi connectivity index (χ2v) is 4.06. The molecule has 0 bridgehead atoms. The summed E-state index contributed by atoms with van der Waals surface area (Å²) in [6.45, 7) is 1.74. The number of carboxylic acids is 1. The molecule has 4 heteroatoms. The van der Waals surface area contributed by atoms with E-state index in [2.05, 4.69) is 0 Å². The lowest BCUT2D eigenvalue weighted by Gasteiger charge is -2.08. The van der Waals surface area contributed by atoms with Gasteiger partial charge in [0.05, 0.1) is 12.7 Å². The minimum absolute atomic E-state index is 0.280. The number of aryl methyl sites for hydroxylation is 1. The van der Waals surface area contributed by atoms with Crippen molar-refractivity contribution in [3.63, 3.8) is 0 Å². The fraction of sp³-hybridized carbons (Fsp3) is 0.133. The highest BCUT2D eigenvalue weighted by Crippen LogP contribution is 2.25. The Kier molecular flexibility index (Phi) is 3.71. The molecule has 0 aliphatic carbocycles. The van der Waals surface area contributed by atoms with Crippen molar-refractivity contribution < 1.29 is 19.4 Å². The number of carboxylic acid groups (broad SMARTS) is 1. The van der Waals surface area contributed by atoms with Gasteiger partial charge in [-0.05, 0) is 55.0 Å². The van der Waals surface area contributed by atoms with Crippen molar-refractivity contribution in [2.24, 2.45) is 0 Å². The molecule has 0 spiro atoms. The van der Waals surface area contributed by atoms with Crippen LogP contribution in [0.25, 0.3) is 0 Å². The van der Waals surface area contributed by atoms with E-state index in [1.165, 1.54) is 6.07 Å². The van der Waals surface area contributed by atoms with E-state index < -0.39 is 5.97 Å². The third-order valence-electron chi connectivity index (χ3n) is 2.72. The fourth-order valence-electron chi connectivity index (χ4n) is 1.72. The maximum absolute atomic E-state index is 10.9. The number of rotatable bonds is 4. The predicted molar refractivity (Wildman–Crippen MR) is 71.2 cm³/mol. The summed E-state index contributed by atoms with van der Waals surface area (Å²) in [4.78, 5) is 10.9. The molecule has 0 fully saturated rings. The molecule has 19 heavy (non-hydrogen) atoms. The van der Waals surface area contributed by atoms with Gasteiger partial charge in [-0.2, -0.15) is 0 Å². The monoisotopic (exact) mass is 258 g/mol. The number of carbonyl (C=O) groups is 1. The van der Waals surface area contributed by atoms with Crippen LogP contribution in [0.3, 0.4) is 0 Å². The van der Waals surface area contributed by atoms with Gasteiger partial charge >= 0.3 is 5.97 Å². The summed E-state index contributed by atoms with van der Waals surface area (Å²) in [5.74, 6) is 1.09. The molecule has 1 N–H and O–H groups in total. The zero-order chi connectivity index (χ0) is 13.8. The zero-order valence-electron chi connectivity index (χ0n) is 10.7. The lowest BCUT2D eigenvalue weighted by atomic mass is 10.1. The molecule has 0 heterocycles. The van der Waals surface area contributed by atoms with Crippen LogP contribution in [-0.4, -0.2) is 18.2 Å². The van der Waals surface area contributed by atoms with E-state index in [1.54, 1.807) is 50.4 Å². The van der Waals surface area contributed by atoms with Gasteiger partial charge in [-0.3, -0.25) is 0 Å². The fourth-order valence-corrected chi connectivity index (χ4v) is 1.72. The molecule has 0 saturated heterocycles. The summed E-state index contributed by atoms with van der Waals surface area (Å²) in [5, 5.41) is 8.95. The van der Waals surface area contributed by atoms with Crippen LogP contribution in [0, 0.1) is 6.92 Å². The van der Waals surface area contributed by atoms with Crippen molar-refractivity contribution in [3.8, 4) is 17.2 Å². The Hall–Kier alpha value is -2.49. The van der Waals surface area contributed by atoms with Gasteiger partial charge < -0.3 is 14.6 Å². The summed E-state index contributed by atoms with van der Waals surface area (Å²) in [5.41, 5.74) is 0.945. The highest BCUT2D eigenvalue weighted by molar-refractivity contribution is 5.89. The molecule has 0 radical (unpaired) electrons. The highest BCUT2D eigenvalue weighted by atomic mass is 16.5. The number of hydrogen-bond acceptors (Lipinski definition) is 3. The Balaban J connectivity index is 2.18. The minimum atomic E-state index is -0.937. The van der Waals surface area contributed by atoms with Crippen molar-refractivity contribution in [2.75, 3.05) is 7.11 Å². The van der Waals surface area contributed by atoms with E-state index in [0.29, 0.717) is 17.1 Å². The molecule has 2 aromatic carbocycles. The molecule has 4 nitrogen and oxygen atoms in total. The van der Waals surface area contributed by atoms with E-state index in [-0.39, 0.29) is 5.56 Å². The second-order valence-electron chi connectivity index (χ2n) is 4.06. The van der Waals surface area contributed by atoms with Crippen LogP contribution in [-0.2, 0) is 0 Å². The molecular weight excluding hydrogens is 244 g/mol. The quantitative estimate of drug-likeness (QED) is 0.912. The van der Waals surface area contributed by atoms with Crippen LogP contribution in [0.2, 0.25) is 0 Å². The van der Waals surface area contributed by atoms with Crippen molar-refractivity contribution >= 4 is 5.97 Å². The topological polar surface area (TPSA) is 55.8 Å². The van der Waals surface area contributed by atoms with Gasteiger partial charge in [0.2, 0.25) is 0 Å². The van der Waals surface area contributed by atoms with Crippen molar-refractivity contribution in [3.05, 3.63) is 53.6 Å². The van der Waals surface area contributed by atoms with E-state index in [9.17, 15) is 4.79 Å². The van der Waals surface area contributed by atoms with Crippen LogP contribution in [0.15, 0.2) is 42.5 Å². The number of ether oxygens (including phenoxy) is 2. The third kappa shape index (κ3) is 3.04. The first-order valence-electron chi connectivity index (χ1n) is 5.76. The summed E-state index contributed by atoms with van der Waals surface area (Å²) >= 11 is 0. The lowest BCUT2D eigenvalue weighted by Crippen LogP contribution is -1.99. The molecule has 0 aliphatic rings. The van der Waals surface area contributed by atoms with Gasteiger partial charge in [0, 0.05) is 0 Å². The third-order valence-corrected chi connectivity index (χ3v) is 2.72. The highest BCUT2D eigenvalue weighted by Gasteiger charge is 2.08. The molecule has 0 atom stereocenters. The molecule has 0 aliphatic heterocycles. The number of methoxy groups -OCH3 is 1. The van der Waals surface area contributed by atoms with Crippen molar-refractivity contribution in [2.45, 2.75) is 6.92 Å². The van der Waals surface area contributed by atoms with Crippen molar-refractivity contribution in [1.29, 1.82) is 0 Å². The van der Waals surface area contributed by atoms with Gasteiger partial charge in [0.25, 0.3) is 0 Å². The first-order valence-corrected chi connectivity index (χ1v) is 5.76. The van der Waals surface area contributed by atoms with Gasteiger partial charge in [-0.15, -0.1) is 0 Å². The summed E-state index contributed by atoms with van der Waals surface area (Å²) < 4.78 is 10.7. The van der Waals surface area contributed by atoms with Crippen LogP contribution in [0.4, 0.5) is 0 Å². The Bertz CT molecular complexity index is 588. The first kappa shape index (κ1) is 13.0. The Labute approximate surface area is 111 Å². The minimum Gasteiger partial charge on any atom is -0.497 e. The van der Waals surface area contributed by atoms with Crippen LogP contribution < -0.4 is 9.47 Å². The average Bonchev–Trinajstić information content (AvgIpc) is 2.39. The largest absolute Gasteiger partial charge is 0.497 e. The summed E-state index contributed by atoms with van der Waals surface area (Å²) in [6, 6.07) is 12.1. The van der Waals surface area contributed by atoms with Gasteiger partial charge in [-0.25, -0.2) is 4.79 Å². The van der Waals surface area contributed by atoms with Gasteiger partial charge in [0.15, 0.2) is 0 Å². The molecule has 0 saturated carbocycles. The van der Waals surface area contributed by atoms with E-state index in [1.807, 2.05) is 0 Å². The molecule has 0 amide bonds. The summed E-state index contributed by atoms with van der Waals surface area (Å²) in [6.07, 6.45) is 0. The molecule has 98 valence electrons. The van der Waals surface area contributed by atoms with Gasteiger partial charge in [-0.1, -0.05) is 0 Å². The van der Waals surface area contributed by atoms with Crippen LogP contribution in [0.1, 0.15) is 15.9 Å². The predicted octanol–water partition coefficient (Wildman–Crippen LogP) is 3.49. The van der Waals surface area contributed by atoms with Gasteiger partial charge in [0.1, 0.15) is 17.2 Å². The molecule has 2 aromatic rings. The van der Waals surface area contributed by atoms with Crippen molar-refractivity contribution in [1.82, 2.24) is 0 Å². The van der Waals surface area contributed by atoms with Crippen LogP contribution in [0.5, 0.6) is 17.2 Å². The smallest absolute Gasteiger partial charge is 0.335 e. The molecule has 0 aromatic heterocycles. The Morgan fingerprint density at radius 2 is 1.58 bits per heavy atom. The number of hydrogen-bond donors (Lipinski definition) is 1. The average molecular weight is 258 g/mol. The van der Waals surface area contributed by atoms with E-state index >= 15 is 0 Å². The van der Waals surface area contributed by atoms with E-state index in [4.69, 9.17) is 14.6 Å². The zero-order valence-corrected chi connectivity index (χ0v) is 10.7. The number of aromatic carboxylic acids is 1. The lowest BCUT2D eigenvalue weighted by molar-refractivity contribution is 0.0696. The first-order chi connectivity index (χ1) is 9.10. The SMILES string of the molecule is COc1ccc(Oc2ccc(C(=O)O)c(C)c2)cc1. The Morgan fingerprint density at radius 1 is 1.00 bits per heavy atom. The maximum Gasteiger partial charge on any atom is 0.335 e. The standard InChI is InChI=1S/C15H14O4/c1-10-9-13(7-8-14(10)15(16)17)19-12-5-3-11(18-2)4-6-12/h3-9H,1-2H3,(H,16,17). The van der Waals surface area contributed by atoms with Crippen LogP contribution >= 0.6 is 0 Å². The maximum atomic E-state index is 10.9. The van der Waals surface area contributed by atoms with E-state index in [0.717, 1.165) is 5.75 Å². The molecule has 0 unspecified atom stereocenters. The Morgan fingerprint density at radius 3 is 2.11 bits per heavy atom. The summed E-state index contributed by atoms with van der Waals surface area (Å²) in [7, 11) is 1.60. The molecule has 2 rings (SSSR count).